The molecule has 1 aliphatic rings. The van der Waals surface area contributed by atoms with Gasteiger partial charge in [0, 0.05) is 6.42 Å². The van der Waals surface area contributed by atoms with Crippen molar-refractivity contribution in [1.82, 2.24) is 15.0 Å². The van der Waals surface area contributed by atoms with Crippen LogP contribution in [0.1, 0.15) is 18.7 Å². The fourth-order valence-electron chi connectivity index (χ4n) is 1.65. The molecule has 72 valence electrons. The zero-order valence-electron chi connectivity index (χ0n) is 7.83. The third kappa shape index (κ3) is 1.32. The summed E-state index contributed by atoms with van der Waals surface area (Å²) in [4.78, 5) is 11.8. The Kier molecular flexibility index (Phi) is 1.50. The summed E-state index contributed by atoms with van der Waals surface area (Å²) in [6.07, 6.45) is 3.73. The van der Waals surface area contributed by atoms with Gasteiger partial charge in [0.2, 0.25) is 0 Å². The Morgan fingerprint density at radius 2 is 2.21 bits per heavy atom. The smallest absolute Gasteiger partial charge is 0.179 e. The maximum absolute atomic E-state index is 5.58. The standard InChI is InChI=1S/C10H12N4/c11-8-4-3-7-10(13-8)14-9(12-7)5-6-1-2-6/h3-4,6H,1-2,5H2,(H3,11,12,13,14). The molecule has 3 rings (SSSR count). The van der Waals surface area contributed by atoms with Crippen LogP contribution in [-0.4, -0.2) is 15.0 Å². The minimum Gasteiger partial charge on any atom is -0.384 e. The van der Waals surface area contributed by atoms with Gasteiger partial charge in [-0.05, 0) is 30.9 Å². The highest BCUT2D eigenvalue weighted by Gasteiger charge is 2.23. The van der Waals surface area contributed by atoms with E-state index in [9.17, 15) is 0 Å². The number of nitrogens with one attached hydrogen (secondary N) is 1. The second kappa shape index (κ2) is 2.70. The number of nitrogens with zero attached hydrogens (tertiary/aromatic N) is 2. The number of pyridine rings is 1. The van der Waals surface area contributed by atoms with Crippen LogP contribution in [0.3, 0.4) is 0 Å². The van der Waals surface area contributed by atoms with Gasteiger partial charge >= 0.3 is 0 Å². The van der Waals surface area contributed by atoms with Crippen LogP contribution in [0.2, 0.25) is 0 Å². The fourth-order valence-corrected chi connectivity index (χ4v) is 1.65. The predicted molar refractivity (Wildman–Crippen MR) is 54.7 cm³/mol. The highest BCUT2D eigenvalue weighted by atomic mass is 15.0. The molecule has 0 aliphatic heterocycles. The lowest BCUT2D eigenvalue weighted by molar-refractivity contribution is 0.787. The minimum absolute atomic E-state index is 0.530. The number of nitrogens with two attached hydrogens (primary N) is 1. The first-order valence-electron chi connectivity index (χ1n) is 4.92. The molecule has 0 atom stereocenters. The Balaban J connectivity index is 2.01. The molecule has 0 saturated heterocycles. The summed E-state index contributed by atoms with van der Waals surface area (Å²) in [7, 11) is 0. The highest BCUT2D eigenvalue weighted by molar-refractivity contribution is 5.72. The number of fused-ring (bicyclic) bond motifs is 1. The van der Waals surface area contributed by atoms with E-state index in [0.717, 1.165) is 29.3 Å². The maximum Gasteiger partial charge on any atom is 0.179 e. The van der Waals surface area contributed by atoms with E-state index in [-0.39, 0.29) is 0 Å². The Morgan fingerprint density at radius 3 is 3.00 bits per heavy atom. The van der Waals surface area contributed by atoms with Crippen molar-refractivity contribution in [2.24, 2.45) is 5.92 Å². The summed E-state index contributed by atoms with van der Waals surface area (Å²) in [5.41, 5.74) is 7.30. The number of hydrogen-bond acceptors (Lipinski definition) is 3. The molecule has 14 heavy (non-hydrogen) atoms. The zero-order chi connectivity index (χ0) is 9.54. The van der Waals surface area contributed by atoms with Gasteiger partial charge in [0.15, 0.2) is 5.65 Å². The number of hydrogen-bond donors (Lipinski definition) is 2. The van der Waals surface area contributed by atoms with Crippen molar-refractivity contribution in [2.75, 3.05) is 5.73 Å². The van der Waals surface area contributed by atoms with E-state index in [2.05, 4.69) is 15.0 Å². The Hall–Kier alpha value is -1.58. The summed E-state index contributed by atoms with van der Waals surface area (Å²) in [5, 5.41) is 0. The molecule has 0 unspecified atom stereocenters. The molecule has 2 heterocycles. The van der Waals surface area contributed by atoms with Crippen molar-refractivity contribution in [1.29, 1.82) is 0 Å². The van der Waals surface area contributed by atoms with Crippen molar-refractivity contribution >= 4 is 17.0 Å². The van der Waals surface area contributed by atoms with Gasteiger partial charge in [-0.1, -0.05) is 0 Å². The van der Waals surface area contributed by atoms with Crippen LogP contribution >= 0.6 is 0 Å². The summed E-state index contributed by atoms with van der Waals surface area (Å²) in [6, 6.07) is 3.72. The zero-order valence-corrected chi connectivity index (χ0v) is 7.83. The van der Waals surface area contributed by atoms with Gasteiger partial charge in [-0.3, -0.25) is 0 Å². The van der Waals surface area contributed by atoms with E-state index in [0.29, 0.717) is 5.82 Å². The minimum atomic E-state index is 0.530. The largest absolute Gasteiger partial charge is 0.384 e. The van der Waals surface area contributed by atoms with E-state index in [1.165, 1.54) is 12.8 Å². The lowest BCUT2D eigenvalue weighted by atomic mass is 10.3. The SMILES string of the molecule is Nc1ccc2[nH]c(CC3CC3)nc2n1. The van der Waals surface area contributed by atoms with Crippen molar-refractivity contribution in [3.63, 3.8) is 0 Å². The molecule has 0 amide bonds. The maximum atomic E-state index is 5.58. The van der Waals surface area contributed by atoms with Crippen LogP contribution < -0.4 is 5.73 Å². The molecule has 4 heteroatoms. The van der Waals surface area contributed by atoms with Crippen molar-refractivity contribution in [3.8, 4) is 0 Å². The van der Waals surface area contributed by atoms with Crippen LogP contribution in [0.15, 0.2) is 12.1 Å². The van der Waals surface area contributed by atoms with Gasteiger partial charge in [-0.2, -0.15) is 0 Å². The van der Waals surface area contributed by atoms with Gasteiger partial charge in [-0.15, -0.1) is 0 Å². The van der Waals surface area contributed by atoms with Crippen molar-refractivity contribution < 1.29 is 0 Å². The number of H-pyrrole nitrogens is 1. The number of aromatic amines is 1. The van der Waals surface area contributed by atoms with Crippen LogP contribution in [0.5, 0.6) is 0 Å². The van der Waals surface area contributed by atoms with Crippen LogP contribution in [0.25, 0.3) is 11.2 Å². The molecule has 2 aromatic rings. The monoisotopic (exact) mass is 188 g/mol. The number of anilines is 1. The van der Waals surface area contributed by atoms with Crippen molar-refractivity contribution in [3.05, 3.63) is 18.0 Å². The average molecular weight is 188 g/mol. The van der Waals surface area contributed by atoms with Crippen LogP contribution in [0, 0.1) is 5.92 Å². The van der Waals surface area contributed by atoms with E-state index >= 15 is 0 Å². The highest BCUT2D eigenvalue weighted by Crippen LogP contribution is 2.32. The Bertz CT molecular complexity index is 470. The molecular weight excluding hydrogens is 176 g/mol. The molecule has 1 fully saturated rings. The van der Waals surface area contributed by atoms with E-state index in [1.807, 2.05) is 6.07 Å². The van der Waals surface area contributed by atoms with Gasteiger partial charge in [0.05, 0.1) is 5.52 Å². The molecule has 0 aromatic carbocycles. The molecule has 0 spiro atoms. The Morgan fingerprint density at radius 1 is 1.36 bits per heavy atom. The second-order valence-electron chi connectivity index (χ2n) is 3.94. The van der Waals surface area contributed by atoms with Gasteiger partial charge in [0.1, 0.15) is 11.6 Å². The normalized spacial score (nSPS) is 16.3. The lowest BCUT2D eigenvalue weighted by Crippen LogP contribution is -1.89. The topological polar surface area (TPSA) is 67.6 Å². The number of rotatable bonds is 2. The average Bonchev–Trinajstić information content (AvgIpc) is 2.84. The molecule has 0 bridgehead atoms. The second-order valence-corrected chi connectivity index (χ2v) is 3.94. The molecular formula is C10H12N4. The Labute approximate surface area is 81.6 Å². The molecule has 1 saturated carbocycles. The third-order valence-corrected chi connectivity index (χ3v) is 2.60. The molecule has 0 radical (unpaired) electrons. The van der Waals surface area contributed by atoms with Crippen LogP contribution in [0.4, 0.5) is 5.82 Å². The quantitative estimate of drug-likeness (QED) is 0.750. The number of imidazole rings is 1. The summed E-state index contributed by atoms with van der Waals surface area (Å²) in [5.74, 6) is 2.41. The van der Waals surface area contributed by atoms with Crippen molar-refractivity contribution in [2.45, 2.75) is 19.3 Å². The van der Waals surface area contributed by atoms with E-state index in [4.69, 9.17) is 5.73 Å². The van der Waals surface area contributed by atoms with E-state index < -0.39 is 0 Å². The molecule has 3 N–H and O–H groups in total. The van der Waals surface area contributed by atoms with Gasteiger partial charge in [0.25, 0.3) is 0 Å². The lowest BCUT2D eigenvalue weighted by Gasteiger charge is -1.88. The first-order chi connectivity index (χ1) is 6.81. The predicted octanol–water partition coefficient (Wildman–Crippen LogP) is 1.49. The van der Waals surface area contributed by atoms with E-state index in [1.54, 1.807) is 6.07 Å². The first-order valence-corrected chi connectivity index (χ1v) is 4.92. The number of nitrogen functional groups attached to an aromatic ring is 1. The number of aromatic nitrogens is 3. The molecule has 2 aromatic heterocycles. The van der Waals surface area contributed by atoms with Crippen LogP contribution in [-0.2, 0) is 6.42 Å². The van der Waals surface area contributed by atoms with Gasteiger partial charge in [-0.25, -0.2) is 9.97 Å². The summed E-state index contributed by atoms with van der Waals surface area (Å²) >= 11 is 0. The summed E-state index contributed by atoms with van der Waals surface area (Å²) in [6.45, 7) is 0. The summed E-state index contributed by atoms with van der Waals surface area (Å²) < 4.78 is 0. The third-order valence-electron chi connectivity index (χ3n) is 2.60. The first kappa shape index (κ1) is 7.79. The fraction of sp³-hybridized carbons (Fsp3) is 0.400. The molecule has 4 nitrogen and oxygen atoms in total. The van der Waals surface area contributed by atoms with Gasteiger partial charge < -0.3 is 10.7 Å². The molecule has 1 aliphatic carbocycles.